The van der Waals surface area contributed by atoms with Gasteiger partial charge in [0.15, 0.2) is 0 Å². The lowest BCUT2D eigenvalue weighted by Gasteiger charge is -2.27. The largest absolute Gasteiger partial charge is 0.371 e. The molecule has 0 radical (unpaired) electrons. The maximum Gasteiger partial charge on any atom is 0.0427 e. The Bertz CT molecular complexity index is 727. The molecule has 3 rings (SSSR count). The van der Waals surface area contributed by atoms with Crippen LogP contribution in [0.2, 0.25) is 0 Å². The van der Waals surface area contributed by atoms with E-state index in [2.05, 4.69) is 87.0 Å². The van der Waals surface area contributed by atoms with Gasteiger partial charge >= 0.3 is 0 Å². The lowest BCUT2D eigenvalue weighted by atomic mass is 9.97. The molecule has 0 N–H and O–H groups in total. The first-order chi connectivity index (χ1) is 12.5. The van der Waals surface area contributed by atoms with Crippen LogP contribution in [0.4, 0.5) is 11.4 Å². The lowest BCUT2D eigenvalue weighted by Crippen LogP contribution is -2.21. The summed E-state index contributed by atoms with van der Waals surface area (Å²) in [5, 5.41) is 0. The summed E-state index contributed by atoms with van der Waals surface area (Å²) in [6.45, 7) is 12.5. The average Bonchev–Trinajstić information content (AvgIpc) is 3.16. The molecule has 140 valence electrons. The Balaban J connectivity index is 1.87. The van der Waals surface area contributed by atoms with Gasteiger partial charge in [-0.25, -0.2) is 0 Å². The van der Waals surface area contributed by atoms with Crippen LogP contribution in [-0.4, -0.2) is 20.1 Å². The highest BCUT2D eigenvalue weighted by Gasteiger charge is 2.18. The molecular weight excluding hydrogens is 316 g/mol. The van der Waals surface area contributed by atoms with E-state index in [0.717, 1.165) is 6.54 Å². The molecule has 0 aromatic heterocycles. The van der Waals surface area contributed by atoms with Crippen LogP contribution in [0, 0.1) is 0 Å². The quantitative estimate of drug-likeness (QED) is 0.614. The standard InChI is InChI=1S/C24H34N2/c1-18(2)21-10-6-7-11-23(21)25(5)17-20-12-13-22(19(3)4)24(16-20)26-14-8-9-15-26/h6-7,10-13,16,18-19H,8-9,14-15,17H2,1-5H3. The Morgan fingerprint density at radius 2 is 1.54 bits per heavy atom. The number of hydrogen-bond donors (Lipinski definition) is 0. The Labute approximate surface area is 159 Å². The van der Waals surface area contributed by atoms with Gasteiger partial charge in [0.1, 0.15) is 0 Å². The third-order valence-electron chi connectivity index (χ3n) is 5.55. The van der Waals surface area contributed by atoms with E-state index in [1.54, 1.807) is 0 Å². The van der Waals surface area contributed by atoms with Gasteiger partial charge < -0.3 is 9.80 Å². The minimum absolute atomic E-state index is 0.539. The Morgan fingerprint density at radius 3 is 2.19 bits per heavy atom. The zero-order valence-corrected chi connectivity index (χ0v) is 17.1. The van der Waals surface area contributed by atoms with Crippen molar-refractivity contribution in [1.29, 1.82) is 0 Å². The molecule has 1 saturated heterocycles. The average molecular weight is 351 g/mol. The molecule has 0 amide bonds. The van der Waals surface area contributed by atoms with Crippen molar-refractivity contribution in [3.05, 3.63) is 59.2 Å². The Hall–Kier alpha value is -1.96. The van der Waals surface area contributed by atoms with E-state index in [-0.39, 0.29) is 0 Å². The number of para-hydroxylation sites is 1. The summed E-state index contributed by atoms with van der Waals surface area (Å²) < 4.78 is 0. The zero-order chi connectivity index (χ0) is 18.7. The van der Waals surface area contributed by atoms with E-state index >= 15 is 0 Å². The SMILES string of the molecule is CC(C)c1ccccc1N(C)Cc1ccc(C(C)C)c(N2CCCC2)c1. The summed E-state index contributed by atoms with van der Waals surface area (Å²) in [5.41, 5.74) is 7.12. The van der Waals surface area contributed by atoms with Crippen LogP contribution in [0.15, 0.2) is 42.5 Å². The number of benzene rings is 2. The molecule has 1 fully saturated rings. The molecule has 0 saturated carbocycles. The third-order valence-corrected chi connectivity index (χ3v) is 5.55. The molecule has 1 heterocycles. The first-order valence-electron chi connectivity index (χ1n) is 10.1. The van der Waals surface area contributed by atoms with Gasteiger partial charge in [-0.1, -0.05) is 58.0 Å². The summed E-state index contributed by atoms with van der Waals surface area (Å²) >= 11 is 0. The summed E-state index contributed by atoms with van der Waals surface area (Å²) in [7, 11) is 2.22. The van der Waals surface area contributed by atoms with Gasteiger partial charge in [-0.05, 0) is 53.5 Å². The van der Waals surface area contributed by atoms with Crippen LogP contribution in [0.3, 0.4) is 0 Å². The number of anilines is 2. The summed E-state index contributed by atoms with van der Waals surface area (Å²) in [6, 6.07) is 15.9. The van der Waals surface area contributed by atoms with Crippen molar-refractivity contribution in [2.24, 2.45) is 0 Å². The van der Waals surface area contributed by atoms with Crippen molar-refractivity contribution in [2.75, 3.05) is 29.9 Å². The van der Waals surface area contributed by atoms with E-state index in [4.69, 9.17) is 0 Å². The summed E-state index contributed by atoms with van der Waals surface area (Å²) in [6.07, 6.45) is 2.65. The molecule has 0 atom stereocenters. The second-order valence-electron chi connectivity index (χ2n) is 8.31. The van der Waals surface area contributed by atoms with Crippen molar-refractivity contribution in [1.82, 2.24) is 0 Å². The highest BCUT2D eigenvalue weighted by Crippen LogP contribution is 2.32. The molecule has 0 unspecified atom stereocenters. The topological polar surface area (TPSA) is 6.48 Å². The Kier molecular flexibility index (Phi) is 5.90. The number of nitrogens with zero attached hydrogens (tertiary/aromatic N) is 2. The van der Waals surface area contributed by atoms with Gasteiger partial charge in [0.25, 0.3) is 0 Å². The molecule has 2 aromatic rings. The second kappa shape index (κ2) is 8.16. The van der Waals surface area contributed by atoms with Crippen molar-refractivity contribution >= 4 is 11.4 Å². The molecule has 1 aliphatic heterocycles. The van der Waals surface area contributed by atoms with E-state index in [1.807, 2.05) is 0 Å². The van der Waals surface area contributed by atoms with Crippen molar-refractivity contribution < 1.29 is 0 Å². The van der Waals surface area contributed by atoms with Gasteiger partial charge in [-0.3, -0.25) is 0 Å². The molecule has 1 aliphatic rings. The molecule has 0 spiro atoms. The lowest BCUT2D eigenvalue weighted by molar-refractivity contribution is 0.828. The van der Waals surface area contributed by atoms with E-state index in [1.165, 1.54) is 54.0 Å². The van der Waals surface area contributed by atoms with Crippen molar-refractivity contribution in [2.45, 2.75) is 58.9 Å². The van der Waals surface area contributed by atoms with E-state index < -0.39 is 0 Å². The number of rotatable bonds is 6. The molecule has 2 heteroatoms. The van der Waals surface area contributed by atoms with Gasteiger partial charge in [0.2, 0.25) is 0 Å². The highest BCUT2D eigenvalue weighted by molar-refractivity contribution is 5.59. The highest BCUT2D eigenvalue weighted by atomic mass is 15.1. The van der Waals surface area contributed by atoms with Gasteiger partial charge in [-0.2, -0.15) is 0 Å². The maximum atomic E-state index is 2.58. The molecule has 2 aromatic carbocycles. The van der Waals surface area contributed by atoms with Crippen LogP contribution < -0.4 is 9.80 Å². The van der Waals surface area contributed by atoms with Gasteiger partial charge in [0.05, 0.1) is 0 Å². The normalized spacial score (nSPS) is 14.5. The van der Waals surface area contributed by atoms with Crippen LogP contribution >= 0.6 is 0 Å². The fourth-order valence-corrected chi connectivity index (χ4v) is 4.09. The predicted octanol–water partition coefficient (Wildman–Crippen LogP) is 6.17. The van der Waals surface area contributed by atoms with Gasteiger partial charge in [-0.15, -0.1) is 0 Å². The van der Waals surface area contributed by atoms with Crippen LogP contribution in [0.25, 0.3) is 0 Å². The number of hydrogen-bond acceptors (Lipinski definition) is 2. The predicted molar refractivity (Wildman–Crippen MR) is 115 cm³/mol. The fraction of sp³-hybridized carbons (Fsp3) is 0.500. The summed E-state index contributed by atoms with van der Waals surface area (Å²) in [4.78, 5) is 4.98. The van der Waals surface area contributed by atoms with E-state index in [9.17, 15) is 0 Å². The molecule has 0 bridgehead atoms. The monoisotopic (exact) mass is 350 g/mol. The van der Waals surface area contributed by atoms with Crippen LogP contribution in [-0.2, 0) is 6.54 Å². The smallest absolute Gasteiger partial charge is 0.0427 e. The van der Waals surface area contributed by atoms with E-state index in [0.29, 0.717) is 11.8 Å². The first-order valence-corrected chi connectivity index (χ1v) is 10.1. The zero-order valence-electron chi connectivity index (χ0n) is 17.1. The molecule has 0 aliphatic carbocycles. The fourth-order valence-electron chi connectivity index (χ4n) is 4.09. The third kappa shape index (κ3) is 4.06. The Morgan fingerprint density at radius 1 is 0.885 bits per heavy atom. The summed E-state index contributed by atoms with van der Waals surface area (Å²) in [5.74, 6) is 1.11. The minimum Gasteiger partial charge on any atom is -0.371 e. The molecule has 2 nitrogen and oxygen atoms in total. The molecule has 26 heavy (non-hydrogen) atoms. The maximum absolute atomic E-state index is 2.58. The van der Waals surface area contributed by atoms with Crippen LogP contribution in [0.1, 0.15) is 69.1 Å². The first kappa shape index (κ1) is 18.8. The van der Waals surface area contributed by atoms with Gasteiger partial charge in [0, 0.05) is 38.1 Å². The van der Waals surface area contributed by atoms with Crippen LogP contribution in [0.5, 0.6) is 0 Å². The molecular formula is C24H34N2. The minimum atomic E-state index is 0.539. The second-order valence-corrected chi connectivity index (χ2v) is 8.31. The van der Waals surface area contributed by atoms with Crippen molar-refractivity contribution in [3.8, 4) is 0 Å². The van der Waals surface area contributed by atoms with Crippen molar-refractivity contribution in [3.63, 3.8) is 0 Å².